The van der Waals surface area contributed by atoms with E-state index < -0.39 is 0 Å². The molecule has 10 nitrogen and oxygen atoms in total. The number of hydrogen-bond acceptors (Lipinski definition) is 10. The summed E-state index contributed by atoms with van der Waals surface area (Å²) in [6.45, 7) is 2.57. The molecule has 5 rings (SSSR count). The number of pyridine rings is 1. The molecule has 11 heteroatoms. The molecule has 2 aliphatic rings. The average molecular weight is 657 g/mol. The number of carbonyl (C=O) groups is 3. The number of ether oxygens (including phenoxy) is 1. The van der Waals surface area contributed by atoms with Crippen molar-refractivity contribution in [3.05, 3.63) is 101 Å². The predicted octanol–water partition coefficient (Wildman–Crippen LogP) is 3.96. The molecule has 0 amide bonds. The Hall–Kier alpha value is -5.02. The maximum atomic E-state index is 13.9. The third-order valence-electron chi connectivity index (χ3n) is 7.18. The fraction of sp³-hybridized carbons (Fsp3) is 0.324. The SMILES string of the molecule is CNC1(c2cc(F)cc(/C(C=NC3CC3)=C/N)c2)CC1.CNCc1ccccc1C=O.COc1cccnc1C#CC(C)N.O=CC=O. The molecule has 0 radical (unpaired) electrons. The summed E-state index contributed by atoms with van der Waals surface area (Å²) in [5.74, 6) is 6.13. The van der Waals surface area contributed by atoms with E-state index in [1.54, 1.807) is 31.7 Å². The third-order valence-corrected chi connectivity index (χ3v) is 7.18. The second-order valence-corrected chi connectivity index (χ2v) is 10.9. The molecule has 2 saturated carbocycles. The summed E-state index contributed by atoms with van der Waals surface area (Å²) in [7, 11) is 5.38. The van der Waals surface area contributed by atoms with Gasteiger partial charge in [0.1, 0.15) is 12.1 Å². The van der Waals surface area contributed by atoms with Crippen molar-refractivity contribution in [1.29, 1.82) is 0 Å². The topological polar surface area (TPSA) is 162 Å². The fourth-order valence-electron chi connectivity index (χ4n) is 4.30. The van der Waals surface area contributed by atoms with Crippen LogP contribution in [-0.4, -0.2) is 63.3 Å². The number of aliphatic imine (C=N–C) groups is 1. The van der Waals surface area contributed by atoms with Crippen molar-refractivity contribution in [1.82, 2.24) is 15.6 Å². The standard InChI is InChI=1S/C16H20FN3.C10H12N2O.C9H11NO.C2H2O2/c1-19-16(4-5-16)13-6-11(7-14(17)8-13)12(9-18)10-20-15-2-3-15;1-8(11)5-6-9-10(13-2)4-3-7-12-9;1-10-6-8-4-2-3-5-9(8)7-11;3-1-2-4/h6-10,15,19H,2-5,18H2,1H3;3-4,7-8H,11H2,1-2H3;2-5,7,10H,6H2,1H3;1-2H/b12-9+,20-10?;;;. The van der Waals surface area contributed by atoms with E-state index in [-0.39, 0.29) is 30.0 Å². The van der Waals surface area contributed by atoms with E-state index in [0.29, 0.717) is 17.5 Å². The van der Waals surface area contributed by atoms with E-state index in [9.17, 15) is 9.18 Å². The first-order valence-electron chi connectivity index (χ1n) is 15.5. The second-order valence-electron chi connectivity index (χ2n) is 10.9. The zero-order valence-corrected chi connectivity index (χ0v) is 27.9. The maximum absolute atomic E-state index is 13.9. The van der Waals surface area contributed by atoms with Gasteiger partial charge in [0, 0.05) is 41.8 Å². The van der Waals surface area contributed by atoms with Crippen molar-refractivity contribution >= 4 is 30.6 Å². The first-order valence-corrected chi connectivity index (χ1v) is 15.5. The summed E-state index contributed by atoms with van der Waals surface area (Å²) in [6, 6.07) is 16.6. The lowest BCUT2D eigenvalue weighted by Crippen LogP contribution is -2.24. The lowest BCUT2D eigenvalue weighted by Gasteiger charge is -2.16. The summed E-state index contributed by atoms with van der Waals surface area (Å²) in [5, 5.41) is 6.29. The molecule has 3 aromatic rings. The van der Waals surface area contributed by atoms with Crippen LogP contribution >= 0.6 is 0 Å². The first kappa shape index (κ1) is 39.2. The number of rotatable bonds is 10. The Bertz CT molecular complexity index is 1600. The maximum Gasteiger partial charge on any atom is 0.182 e. The molecule has 2 fully saturated rings. The van der Waals surface area contributed by atoms with Crippen molar-refractivity contribution in [3.63, 3.8) is 0 Å². The second kappa shape index (κ2) is 21.0. The highest BCUT2D eigenvalue weighted by molar-refractivity contribution is 6.10. The number of nitrogens with one attached hydrogen (secondary N) is 2. The highest BCUT2D eigenvalue weighted by Gasteiger charge is 2.43. The van der Waals surface area contributed by atoms with E-state index >= 15 is 0 Å². The smallest absolute Gasteiger partial charge is 0.182 e. The Morgan fingerprint density at radius 2 is 1.83 bits per heavy atom. The number of carbonyl (C=O) groups excluding carboxylic acids is 3. The van der Waals surface area contributed by atoms with E-state index in [1.807, 2.05) is 57.4 Å². The fourth-order valence-corrected chi connectivity index (χ4v) is 4.30. The van der Waals surface area contributed by atoms with Crippen molar-refractivity contribution < 1.29 is 23.5 Å². The summed E-state index contributed by atoms with van der Waals surface area (Å²) >= 11 is 0. The van der Waals surface area contributed by atoms with Gasteiger partial charge in [0.25, 0.3) is 0 Å². The number of aromatic nitrogens is 1. The van der Waals surface area contributed by atoms with Gasteiger partial charge in [-0.2, -0.15) is 0 Å². The lowest BCUT2D eigenvalue weighted by atomic mass is 9.98. The van der Waals surface area contributed by atoms with Gasteiger partial charge < -0.3 is 26.8 Å². The zero-order chi connectivity index (χ0) is 35.4. The van der Waals surface area contributed by atoms with Gasteiger partial charge in [-0.25, -0.2) is 9.37 Å². The van der Waals surface area contributed by atoms with Gasteiger partial charge in [0.05, 0.1) is 19.2 Å². The normalized spacial score (nSPS) is 14.6. The summed E-state index contributed by atoms with van der Waals surface area (Å²) in [5.41, 5.74) is 16.1. The van der Waals surface area contributed by atoms with Gasteiger partial charge in [0.15, 0.2) is 24.0 Å². The molecule has 1 atom stereocenters. The number of halogens is 1. The monoisotopic (exact) mass is 656 g/mol. The average Bonchev–Trinajstić information content (AvgIpc) is 4.05. The molecule has 0 spiro atoms. The van der Waals surface area contributed by atoms with Crippen molar-refractivity contribution in [3.8, 4) is 17.6 Å². The summed E-state index contributed by atoms with van der Waals surface area (Å²) in [6.07, 6.45) is 10.6. The van der Waals surface area contributed by atoms with E-state index in [1.165, 1.54) is 12.3 Å². The molecule has 2 aromatic carbocycles. The van der Waals surface area contributed by atoms with Crippen molar-refractivity contribution in [2.24, 2.45) is 16.5 Å². The minimum atomic E-state index is -0.224. The number of hydrogen-bond donors (Lipinski definition) is 4. The Labute approximate surface area is 282 Å². The van der Waals surface area contributed by atoms with Crippen LogP contribution in [0, 0.1) is 17.7 Å². The molecule has 1 unspecified atom stereocenters. The van der Waals surface area contributed by atoms with E-state index in [2.05, 4.69) is 32.5 Å². The van der Waals surface area contributed by atoms with Gasteiger partial charge in [-0.15, -0.1) is 0 Å². The van der Waals surface area contributed by atoms with Crippen LogP contribution in [-0.2, 0) is 21.7 Å². The molecule has 48 heavy (non-hydrogen) atoms. The van der Waals surface area contributed by atoms with Crippen LogP contribution < -0.4 is 26.8 Å². The number of aldehydes is 3. The molecule has 2 aliphatic carbocycles. The molecule has 0 saturated heterocycles. The zero-order valence-electron chi connectivity index (χ0n) is 27.9. The predicted molar refractivity (Wildman–Crippen MR) is 188 cm³/mol. The molecular formula is C37H45FN6O4. The molecular weight excluding hydrogens is 611 g/mol. The van der Waals surface area contributed by atoms with E-state index in [0.717, 1.165) is 66.3 Å². The Kier molecular flexibility index (Phi) is 17.1. The highest BCUT2D eigenvalue weighted by atomic mass is 19.1. The van der Waals surface area contributed by atoms with Gasteiger partial charge in [-0.3, -0.25) is 19.4 Å². The summed E-state index contributed by atoms with van der Waals surface area (Å²) in [4.78, 5) is 36.6. The number of benzene rings is 2. The summed E-state index contributed by atoms with van der Waals surface area (Å²) < 4.78 is 19.0. The number of methoxy groups -OCH3 is 1. The molecule has 254 valence electrons. The molecule has 0 aliphatic heterocycles. The van der Waals surface area contributed by atoms with Crippen molar-refractivity contribution in [2.45, 2.75) is 56.8 Å². The van der Waals surface area contributed by atoms with Gasteiger partial charge in [-0.05, 0) is 99.6 Å². The molecule has 6 N–H and O–H groups in total. The number of nitrogens with zero attached hydrogens (tertiary/aromatic N) is 2. The van der Waals surface area contributed by atoms with Crippen LogP contribution in [0.2, 0.25) is 0 Å². The first-order chi connectivity index (χ1) is 23.2. The molecule has 0 bridgehead atoms. The van der Waals surface area contributed by atoms with Gasteiger partial charge in [-0.1, -0.05) is 30.2 Å². The van der Waals surface area contributed by atoms with Gasteiger partial charge >= 0.3 is 0 Å². The number of nitrogens with two attached hydrogens (primary N) is 2. The van der Waals surface area contributed by atoms with Crippen LogP contribution in [0.1, 0.15) is 65.3 Å². The van der Waals surface area contributed by atoms with Gasteiger partial charge in [0.2, 0.25) is 0 Å². The quantitative estimate of drug-likeness (QED) is 0.110. The number of allylic oxidation sites excluding steroid dienone is 1. The Morgan fingerprint density at radius 1 is 1.12 bits per heavy atom. The highest BCUT2D eigenvalue weighted by Crippen LogP contribution is 2.45. The van der Waals surface area contributed by atoms with Crippen LogP contribution in [0.3, 0.4) is 0 Å². The minimum absolute atomic E-state index is 0.0514. The van der Waals surface area contributed by atoms with Crippen LogP contribution in [0.25, 0.3) is 5.57 Å². The van der Waals surface area contributed by atoms with Crippen molar-refractivity contribution in [2.75, 3.05) is 21.2 Å². The van der Waals surface area contributed by atoms with Crippen LogP contribution in [0.5, 0.6) is 5.75 Å². The molecule has 1 aromatic heterocycles. The Morgan fingerprint density at radius 3 is 2.38 bits per heavy atom. The minimum Gasteiger partial charge on any atom is -0.494 e. The largest absolute Gasteiger partial charge is 0.494 e. The molecule has 1 heterocycles. The van der Waals surface area contributed by atoms with Crippen LogP contribution in [0.15, 0.2) is 72.0 Å². The van der Waals surface area contributed by atoms with Crippen LogP contribution in [0.4, 0.5) is 4.39 Å². The Balaban J connectivity index is 0.000000249. The lowest BCUT2D eigenvalue weighted by molar-refractivity contribution is -0.122. The third kappa shape index (κ3) is 13.4. The van der Waals surface area contributed by atoms with E-state index in [4.69, 9.17) is 25.8 Å².